The monoisotopic (exact) mass is 241 g/mol. The van der Waals surface area contributed by atoms with Crippen LogP contribution in [0.3, 0.4) is 0 Å². The summed E-state index contributed by atoms with van der Waals surface area (Å²) < 4.78 is 10.7. The van der Waals surface area contributed by atoms with E-state index in [0.717, 1.165) is 0 Å². The third kappa shape index (κ3) is 2.33. The minimum Gasteiger partial charge on any atom is -0.497 e. The van der Waals surface area contributed by atoms with Crippen LogP contribution >= 0.6 is 0 Å². The Labute approximate surface area is 104 Å². The fourth-order valence-corrected chi connectivity index (χ4v) is 1.40. The van der Waals surface area contributed by atoms with Crippen molar-refractivity contribution in [2.24, 2.45) is 0 Å². The maximum absolute atomic E-state index is 8.95. The first-order valence-corrected chi connectivity index (χ1v) is 5.20. The average molecular weight is 241 g/mol. The standard InChI is InChI=1S/C13H11N3O2/c1-17-10-2-3-11(15)12(6-10)18-13-8-16-5-4-9(13)7-14/h2-6,8H,15H2,1H3. The van der Waals surface area contributed by atoms with E-state index in [-0.39, 0.29) is 0 Å². The summed E-state index contributed by atoms with van der Waals surface area (Å²) in [7, 11) is 1.56. The van der Waals surface area contributed by atoms with Crippen molar-refractivity contribution in [2.75, 3.05) is 12.8 Å². The van der Waals surface area contributed by atoms with Gasteiger partial charge in [0, 0.05) is 12.3 Å². The summed E-state index contributed by atoms with van der Waals surface area (Å²) in [5.74, 6) is 1.42. The van der Waals surface area contributed by atoms with Crippen LogP contribution in [0.2, 0.25) is 0 Å². The first-order valence-electron chi connectivity index (χ1n) is 5.20. The molecule has 5 heteroatoms. The lowest BCUT2D eigenvalue weighted by molar-refractivity contribution is 0.409. The van der Waals surface area contributed by atoms with Crippen LogP contribution in [-0.4, -0.2) is 12.1 Å². The molecule has 0 aliphatic heterocycles. The summed E-state index contributed by atoms with van der Waals surface area (Å²) in [6, 6.07) is 8.67. The van der Waals surface area contributed by atoms with Gasteiger partial charge in [-0.3, -0.25) is 4.98 Å². The van der Waals surface area contributed by atoms with E-state index in [1.807, 2.05) is 6.07 Å². The molecule has 2 N–H and O–H groups in total. The second kappa shape index (κ2) is 5.06. The van der Waals surface area contributed by atoms with Gasteiger partial charge in [0.2, 0.25) is 0 Å². The molecule has 0 saturated heterocycles. The number of nitrogen functional groups attached to an aromatic ring is 1. The zero-order valence-electron chi connectivity index (χ0n) is 9.75. The van der Waals surface area contributed by atoms with Crippen molar-refractivity contribution < 1.29 is 9.47 Å². The van der Waals surface area contributed by atoms with E-state index in [1.54, 1.807) is 31.4 Å². The highest BCUT2D eigenvalue weighted by molar-refractivity contribution is 5.57. The Morgan fingerprint density at radius 1 is 1.28 bits per heavy atom. The van der Waals surface area contributed by atoms with Crippen LogP contribution in [-0.2, 0) is 0 Å². The molecule has 0 fully saturated rings. The Balaban J connectivity index is 2.37. The number of ether oxygens (including phenoxy) is 2. The molecular formula is C13H11N3O2. The summed E-state index contributed by atoms with van der Waals surface area (Å²) in [4.78, 5) is 3.91. The molecule has 1 aromatic heterocycles. The van der Waals surface area contributed by atoms with Crippen LogP contribution < -0.4 is 15.2 Å². The number of methoxy groups -OCH3 is 1. The van der Waals surface area contributed by atoms with Crippen molar-refractivity contribution in [3.63, 3.8) is 0 Å². The largest absolute Gasteiger partial charge is 0.497 e. The van der Waals surface area contributed by atoms with Gasteiger partial charge in [-0.2, -0.15) is 5.26 Å². The van der Waals surface area contributed by atoms with E-state index in [1.165, 1.54) is 12.4 Å². The number of anilines is 1. The molecule has 0 bridgehead atoms. The number of benzene rings is 1. The zero-order valence-corrected chi connectivity index (χ0v) is 9.75. The van der Waals surface area contributed by atoms with Crippen molar-refractivity contribution in [1.29, 1.82) is 5.26 Å². The Bertz CT molecular complexity index is 605. The topological polar surface area (TPSA) is 81.2 Å². The van der Waals surface area contributed by atoms with Gasteiger partial charge in [-0.25, -0.2) is 0 Å². The molecule has 18 heavy (non-hydrogen) atoms. The van der Waals surface area contributed by atoms with E-state index >= 15 is 0 Å². The third-order valence-corrected chi connectivity index (χ3v) is 2.35. The molecule has 0 aliphatic carbocycles. The van der Waals surface area contributed by atoms with E-state index < -0.39 is 0 Å². The number of rotatable bonds is 3. The van der Waals surface area contributed by atoms with E-state index in [0.29, 0.717) is 28.5 Å². The lowest BCUT2D eigenvalue weighted by Crippen LogP contribution is -1.95. The number of nitrogens with zero attached hydrogens (tertiary/aromatic N) is 2. The van der Waals surface area contributed by atoms with Gasteiger partial charge in [0.15, 0.2) is 11.5 Å². The third-order valence-electron chi connectivity index (χ3n) is 2.35. The molecule has 0 atom stereocenters. The van der Waals surface area contributed by atoms with Crippen molar-refractivity contribution in [2.45, 2.75) is 0 Å². The Morgan fingerprint density at radius 2 is 2.11 bits per heavy atom. The molecule has 90 valence electrons. The smallest absolute Gasteiger partial charge is 0.163 e. The molecule has 2 rings (SSSR count). The molecule has 0 saturated carbocycles. The normalized spacial score (nSPS) is 9.56. The van der Waals surface area contributed by atoms with E-state index in [2.05, 4.69) is 4.98 Å². The van der Waals surface area contributed by atoms with Crippen molar-refractivity contribution >= 4 is 5.69 Å². The zero-order chi connectivity index (χ0) is 13.0. The van der Waals surface area contributed by atoms with Gasteiger partial charge in [-0.15, -0.1) is 0 Å². The first-order chi connectivity index (χ1) is 8.74. The van der Waals surface area contributed by atoms with Crippen LogP contribution in [0.25, 0.3) is 0 Å². The van der Waals surface area contributed by atoms with E-state index in [9.17, 15) is 0 Å². The van der Waals surface area contributed by atoms with Crippen LogP contribution in [0.4, 0.5) is 5.69 Å². The van der Waals surface area contributed by atoms with Gasteiger partial charge < -0.3 is 15.2 Å². The van der Waals surface area contributed by atoms with Gasteiger partial charge in [0.25, 0.3) is 0 Å². The highest BCUT2D eigenvalue weighted by Crippen LogP contribution is 2.32. The molecule has 1 heterocycles. The number of hydrogen-bond donors (Lipinski definition) is 1. The summed E-state index contributed by atoms with van der Waals surface area (Å²) in [6.07, 6.45) is 3.00. The van der Waals surface area contributed by atoms with Crippen LogP contribution in [0.15, 0.2) is 36.7 Å². The van der Waals surface area contributed by atoms with Crippen LogP contribution in [0.5, 0.6) is 17.2 Å². The van der Waals surface area contributed by atoms with Gasteiger partial charge in [0.05, 0.1) is 24.6 Å². The number of pyridine rings is 1. The van der Waals surface area contributed by atoms with Crippen molar-refractivity contribution in [3.8, 4) is 23.3 Å². The Morgan fingerprint density at radius 3 is 2.83 bits per heavy atom. The summed E-state index contributed by atoms with van der Waals surface area (Å²) >= 11 is 0. The van der Waals surface area contributed by atoms with E-state index in [4.69, 9.17) is 20.5 Å². The molecule has 1 aromatic carbocycles. The molecular weight excluding hydrogens is 230 g/mol. The fraction of sp³-hybridized carbons (Fsp3) is 0.0769. The van der Waals surface area contributed by atoms with Gasteiger partial charge in [-0.05, 0) is 18.2 Å². The fourth-order valence-electron chi connectivity index (χ4n) is 1.40. The summed E-state index contributed by atoms with van der Waals surface area (Å²) in [5.41, 5.74) is 6.66. The second-order valence-corrected chi connectivity index (χ2v) is 3.49. The SMILES string of the molecule is COc1ccc(N)c(Oc2cnccc2C#N)c1. The maximum atomic E-state index is 8.95. The Kier molecular flexibility index (Phi) is 3.30. The molecule has 0 unspecified atom stereocenters. The minimum atomic E-state index is 0.361. The highest BCUT2D eigenvalue weighted by Gasteiger charge is 2.08. The van der Waals surface area contributed by atoms with Crippen molar-refractivity contribution in [1.82, 2.24) is 4.98 Å². The number of nitrogens with two attached hydrogens (primary N) is 1. The predicted molar refractivity (Wildman–Crippen MR) is 66.4 cm³/mol. The molecule has 0 radical (unpaired) electrons. The molecule has 0 aliphatic rings. The van der Waals surface area contributed by atoms with Gasteiger partial charge in [0.1, 0.15) is 11.8 Å². The lowest BCUT2D eigenvalue weighted by atomic mass is 10.2. The quantitative estimate of drug-likeness (QED) is 0.834. The second-order valence-electron chi connectivity index (χ2n) is 3.49. The number of nitriles is 1. The van der Waals surface area contributed by atoms with Crippen LogP contribution in [0, 0.1) is 11.3 Å². The van der Waals surface area contributed by atoms with Crippen molar-refractivity contribution in [3.05, 3.63) is 42.2 Å². The number of hydrogen-bond acceptors (Lipinski definition) is 5. The molecule has 0 amide bonds. The lowest BCUT2D eigenvalue weighted by Gasteiger charge is -2.10. The van der Waals surface area contributed by atoms with Gasteiger partial charge >= 0.3 is 0 Å². The maximum Gasteiger partial charge on any atom is 0.163 e. The molecule has 2 aromatic rings. The number of aromatic nitrogens is 1. The highest BCUT2D eigenvalue weighted by atomic mass is 16.5. The molecule has 5 nitrogen and oxygen atoms in total. The predicted octanol–water partition coefficient (Wildman–Crippen LogP) is 2.34. The molecule has 0 spiro atoms. The summed E-state index contributed by atoms with van der Waals surface area (Å²) in [6.45, 7) is 0. The first kappa shape index (κ1) is 11.7. The Hall–Kier alpha value is -2.74. The van der Waals surface area contributed by atoms with Gasteiger partial charge in [-0.1, -0.05) is 0 Å². The van der Waals surface area contributed by atoms with Crippen LogP contribution in [0.1, 0.15) is 5.56 Å². The minimum absolute atomic E-state index is 0.361. The average Bonchev–Trinajstić information content (AvgIpc) is 2.42. The summed E-state index contributed by atoms with van der Waals surface area (Å²) in [5, 5.41) is 8.95.